The van der Waals surface area contributed by atoms with Gasteiger partial charge in [0.1, 0.15) is 6.61 Å². The smallest absolute Gasteiger partial charge is 0.136 e. The minimum atomic E-state index is 0.188. The summed E-state index contributed by atoms with van der Waals surface area (Å²) in [6.07, 6.45) is 9.11. The standard InChI is InChI=1S/C18H17NO/c1-5-12-20-19-15(4)16(6-2)13-14(3)18(19)17-10-8-7-9-11-17/h1,6-11,13H,2,4,12H2,3H3. The first-order valence-corrected chi connectivity index (χ1v) is 6.35. The first-order valence-electron chi connectivity index (χ1n) is 6.35. The molecule has 0 saturated carbocycles. The zero-order valence-electron chi connectivity index (χ0n) is 11.6. The Bertz CT molecular complexity index is 629. The van der Waals surface area contributed by atoms with E-state index in [2.05, 4.69) is 19.1 Å². The number of nitrogens with zero attached hydrogens (tertiary/aromatic N) is 1. The fourth-order valence-electron chi connectivity index (χ4n) is 2.16. The second-order valence-corrected chi connectivity index (χ2v) is 4.42. The third-order valence-corrected chi connectivity index (χ3v) is 3.07. The molecule has 0 fully saturated rings. The van der Waals surface area contributed by atoms with E-state index in [0.717, 1.165) is 28.1 Å². The van der Waals surface area contributed by atoms with E-state index in [-0.39, 0.29) is 6.61 Å². The lowest BCUT2D eigenvalue weighted by Gasteiger charge is -2.32. The van der Waals surface area contributed by atoms with Gasteiger partial charge in [0, 0.05) is 5.56 Å². The van der Waals surface area contributed by atoms with Gasteiger partial charge in [-0.2, -0.15) is 0 Å². The zero-order valence-corrected chi connectivity index (χ0v) is 11.6. The first-order chi connectivity index (χ1) is 9.69. The van der Waals surface area contributed by atoms with E-state index in [1.807, 2.05) is 43.3 Å². The van der Waals surface area contributed by atoms with Gasteiger partial charge in [0.25, 0.3) is 0 Å². The van der Waals surface area contributed by atoms with E-state index in [4.69, 9.17) is 11.3 Å². The van der Waals surface area contributed by atoms with Crippen LogP contribution in [-0.2, 0) is 4.84 Å². The fourth-order valence-corrected chi connectivity index (χ4v) is 2.16. The summed E-state index contributed by atoms with van der Waals surface area (Å²) < 4.78 is 0. The van der Waals surface area contributed by atoms with Crippen LogP contribution >= 0.6 is 0 Å². The van der Waals surface area contributed by atoms with Crippen molar-refractivity contribution in [1.29, 1.82) is 0 Å². The van der Waals surface area contributed by atoms with Crippen molar-refractivity contribution in [3.05, 3.63) is 78.0 Å². The van der Waals surface area contributed by atoms with Crippen molar-refractivity contribution in [2.45, 2.75) is 6.92 Å². The van der Waals surface area contributed by atoms with Gasteiger partial charge in [0.2, 0.25) is 0 Å². The van der Waals surface area contributed by atoms with Crippen molar-refractivity contribution in [2.24, 2.45) is 0 Å². The average molecular weight is 263 g/mol. The summed E-state index contributed by atoms with van der Waals surface area (Å²) in [4.78, 5) is 5.67. The monoisotopic (exact) mass is 263 g/mol. The second kappa shape index (κ2) is 6.10. The maximum Gasteiger partial charge on any atom is 0.136 e. The minimum absolute atomic E-state index is 0.188. The predicted octanol–water partition coefficient (Wildman–Crippen LogP) is 3.92. The van der Waals surface area contributed by atoms with Crippen molar-refractivity contribution >= 4 is 5.70 Å². The Labute approximate surface area is 120 Å². The van der Waals surface area contributed by atoms with E-state index in [1.165, 1.54) is 0 Å². The van der Waals surface area contributed by atoms with E-state index < -0.39 is 0 Å². The van der Waals surface area contributed by atoms with Crippen LogP contribution in [0.25, 0.3) is 5.70 Å². The van der Waals surface area contributed by atoms with Crippen LogP contribution in [0.1, 0.15) is 12.5 Å². The van der Waals surface area contributed by atoms with Crippen LogP contribution in [-0.4, -0.2) is 11.7 Å². The molecule has 1 heterocycles. The Morgan fingerprint density at radius 3 is 2.65 bits per heavy atom. The van der Waals surface area contributed by atoms with Crippen LogP contribution in [0.15, 0.2) is 72.5 Å². The predicted molar refractivity (Wildman–Crippen MR) is 83.1 cm³/mol. The SMILES string of the molecule is C#CCON1C(=C)C(C=C)=CC(C)=C1c1ccccc1. The summed E-state index contributed by atoms with van der Waals surface area (Å²) in [5, 5.41) is 1.70. The van der Waals surface area contributed by atoms with Crippen molar-refractivity contribution in [1.82, 2.24) is 5.06 Å². The van der Waals surface area contributed by atoms with Crippen molar-refractivity contribution < 1.29 is 4.84 Å². The van der Waals surface area contributed by atoms with Gasteiger partial charge in [-0.3, -0.25) is 4.84 Å². The molecule has 0 radical (unpaired) electrons. The largest absolute Gasteiger partial charge is 0.256 e. The van der Waals surface area contributed by atoms with Crippen LogP contribution in [0.3, 0.4) is 0 Å². The fraction of sp³-hybridized carbons (Fsp3) is 0.111. The number of terminal acetylenes is 1. The molecule has 1 aliphatic rings. The molecule has 2 nitrogen and oxygen atoms in total. The lowest BCUT2D eigenvalue weighted by molar-refractivity contribution is -0.0623. The lowest BCUT2D eigenvalue weighted by atomic mass is 9.99. The number of rotatable bonds is 4. The van der Waals surface area contributed by atoms with Crippen molar-refractivity contribution in [2.75, 3.05) is 6.61 Å². The van der Waals surface area contributed by atoms with Crippen molar-refractivity contribution in [3.8, 4) is 12.3 Å². The third-order valence-electron chi connectivity index (χ3n) is 3.07. The normalized spacial score (nSPS) is 14.9. The topological polar surface area (TPSA) is 12.5 Å². The highest BCUT2D eigenvalue weighted by Crippen LogP contribution is 2.35. The molecule has 0 amide bonds. The molecular weight excluding hydrogens is 246 g/mol. The lowest BCUT2D eigenvalue weighted by Crippen LogP contribution is -2.26. The third kappa shape index (κ3) is 2.59. The minimum Gasteiger partial charge on any atom is -0.256 e. The van der Waals surface area contributed by atoms with Gasteiger partial charge in [0.15, 0.2) is 0 Å². The van der Waals surface area contributed by atoms with E-state index in [9.17, 15) is 0 Å². The van der Waals surface area contributed by atoms with Gasteiger partial charge < -0.3 is 0 Å². The van der Waals surface area contributed by atoms with E-state index in [0.29, 0.717) is 0 Å². The Morgan fingerprint density at radius 2 is 2.05 bits per heavy atom. The van der Waals surface area contributed by atoms with Crippen LogP contribution < -0.4 is 0 Å². The molecule has 1 aliphatic heterocycles. The molecule has 0 bridgehead atoms. The number of hydrogen-bond donors (Lipinski definition) is 0. The Hall–Kier alpha value is -2.50. The first kappa shape index (κ1) is 13.9. The van der Waals surface area contributed by atoms with E-state index in [1.54, 1.807) is 11.1 Å². The van der Waals surface area contributed by atoms with Gasteiger partial charge in [0.05, 0.1) is 11.4 Å². The molecule has 20 heavy (non-hydrogen) atoms. The molecule has 0 aromatic heterocycles. The molecule has 2 rings (SSSR count). The molecule has 1 aromatic rings. The highest BCUT2D eigenvalue weighted by atomic mass is 16.7. The molecular formula is C18H17NO. The molecule has 0 saturated heterocycles. The Morgan fingerprint density at radius 1 is 1.35 bits per heavy atom. The molecule has 0 N–H and O–H groups in total. The average Bonchev–Trinajstić information content (AvgIpc) is 2.48. The van der Waals surface area contributed by atoms with Crippen molar-refractivity contribution in [3.63, 3.8) is 0 Å². The summed E-state index contributed by atoms with van der Waals surface area (Å²) in [5.41, 5.74) is 4.76. The van der Waals surface area contributed by atoms with Gasteiger partial charge in [-0.25, -0.2) is 5.06 Å². The maximum atomic E-state index is 5.67. The van der Waals surface area contributed by atoms with Gasteiger partial charge in [-0.15, -0.1) is 6.42 Å². The van der Waals surface area contributed by atoms with E-state index >= 15 is 0 Å². The van der Waals surface area contributed by atoms with Crippen LogP contribution in [0, 0.1) is 12.3 Å². The number of benzene rings is 1. The number of allylic oxidation sites excluding steroid dienone is 3. The van der Waals surface area contributed by atoms with Gasteiger partial charge in [-0.1, -0.05) is 55.5 Å². The number of hydroxylamine groups is 2. The van der Waals surface area contributed by atoms with Crippen LogP contribution in [0.4, 0.5) is 0 Å². The number of hydrogen-bond acceptors (Lipinski definition) is 2. The van der Waals surface area contributed by atoms with Crippen LogP contribution in [0.5, 0.6) is 0 Å². The van der Waals surface area contributed by atoms with Crippen LogP contribution in [0.2, 0.25) is 0 Å². The van der Waals surface area contributed by atoms with Gasteiger partial charge >= 0.3 is 0 Å². The molecule has 0 unspecified atom stereocenters. The molecule has 2 heteroatoms. The summed E-state index contributed by atoms with van der Waals surface area (Å²) in [6.45, 7) is 10.1. The molecule has 0 aliphatic carbocycles. The van der Waals surface area contributed by atoms with Gasteiger partial charge in [-0.05, 0) is 24.1 Å². The highest BCUT2D eigenvalue weighted by Gasteiger charge is 2.23. The summed E-state index contributed by atoms with van der Waals surface area (Å²) in [6, 6.07) is 10.0. The summed E-state index contributed by atoms with van der Waals surface area (Å²) >= 11 is 0. The molecule has 0 atom stereocenters. The Kier molecular flexibility index (Phi) is 4.24. The molecule has 1 aromatic carbocycles. The summed E-state index contributed by atoms with van der Waals surface area (Å²) in [5.74, 6) is 2.48. The Balaban J connectivity index is 2.52. The zero-order chi connectivity index (χ0) is 14.5. The maximum absolute atomic E-state index is 5.67. The summed E-state index contributed by atoms with van der Waals surface area (Å²) in [7, 11) is 0. The highest BCUT2D eigenvalue weighted by molar-refractivity contribution is 5.74. The second-order valence-electron chi connectivity index (χ2n) is 4.42. The quantitative estimate of drug-likeness (QED) is 0.763. The molecule has 100 valence electrons. The molecule has 0 spiro atoms.